The topological polar surface area (TPSA) is 63.7 Å². The van der Waals surface area contributed by atoms with Gasteiger partial charge in [-0.25, -0.2) is 0 Å². The summed E-state index contributed by atoms with van der Waals surface area (Å²) in [5, 5.41) is 0.478. The number of benzene rings is 2. The van der Waals surface area contributed by atoms with Crippen molar-refractivity contribution in [3.05, 3.63) is 105 Å². The van der Waals surface area contributed by atoms with Crippen LogP contribution < -0.4 is 5.43 Å². The molecule has 0 bridgehead atoms. The molecule has 5 heteroatoms. The number of carbonyl (C=O) groups excluding carboxylic acids is 1. The molecular weight excluding hydrogens is 354 g/mol. The Bertz CT molecular complexity index is 1240. The predicted molar refractivity (Wildman–Crippen MR) is 104 cm³/mol. The Morgan fingerprint density at radius 1 is 0.964 bits per heavy atom. The van der Waals surface area contributed by atoms with Crippen LogP contribution in [0, 0.1) is 6.92 Å². The van der Waals surface area contributed by atoms with Crippen molar-refractivity contribution in [3.8, 4) is 0 Å². The molecule has 0 N–H and O–H groups in total. The van der Waals surface area contributed by atoms with Crippen molar-refractivity contribution in [2.75, 3.05) is 0 Å². The minimum atomic E-state index is -0.519. The van der Waals surface area contributed by atoms with E-state index in [0.29, 0.717) is 22.3 Å². The third kappa shape index (κ3) is 2.47. The summed E-state index contributed by atoms with van der Waals surface area (Å²) in [4.78, 5) is 28.2. The molecule has 1 aliphatic heterocycles. The van der Waals surface area contributed by atoms with E-state index in [-0.39, 0.29) is 23.6 Å². The minimum Gasteiger partial charge on any atom is -0.467 e. The molecule has 0 fully saturated rings. The number of carbonyl (C=O) groups is 1. The lowest BCUT2D eigenvalue weighted by molar-refractivity contribution is 0.0701. The molecule has 28 heavy (non-hydrogen) atoms. The van der Waals surface area contributed by atoms with E-state index in [1.165, 1.54) is 0 Å². The monoisotopic (exact) mass is 371 g/mol. The van der Waals surface area contributed by atoms with E-state index in [0.717, 1.165) is 11.1 Å². The highest BCUT2D eigenvalue weighted by Crippen LogP contribution is 2.39. The number of nitrogens with zero attached hydrogens (tertiary/aromatic N) is 1. The molecule has 0 spiro atoms. The fourth-order valence-corrected chi connectivity index (χ4v) is 3.80. The molecular formula is C23H17NO4. The standard InChI is InChI=1S/C23H17NO4/c1-14-8-10-15(11-9-14)20-19-21(25)17-6-2-3-7-18(17)28-22(19)23(26)24(20)13-16-5-4-12-27-16/h2-12,20H,13H2,1H3/t20-/m1/s1. The highest BCUT2D eigenvalue weighted by atomic mass is 16.3. The van der Waals surface area contributed by atoms with Crippen LogP contribution in [0.4, 0.5) is 0 Å². The van der Waals surface area contributed by atoms with Crippen molar-refractivity contribution in [3.63, 3.8) is 0 Å². The Hall–Kier alpha value is -3.60. The lowest BCUT2D eigenvalue weighted by Crippen LogP contribution is -2.29. The second kappa shape index (κ2) is 6.23. The Kier molecular flexibility index (Phi) is 3.69. The number of hydrogen-bond donors (Lipinski definition) is 0. The van der Waals surface area contributed by atoms with Crippen molar-refractivity contribution in [1.29, 1.82) is 0 Å². The lowest BCUT2D eigenvalue weighted by atomic mass is 9.97. The average Bonchev–Trinajstić information content (AvgIpc) is 3.31. The number of rotatable bonds is 3. The van der Waals surface area contributed by atoms with Crippen molar-refractivity contribution in [2.24, 2.45) is 0 Å². The molecule has 2 aromatic heterocycles. The average molecular weight is 371 g/mol. The molecule has 0 aliphatic carbocycles. The maximum atomic E-state index is 13.3. The number of para-hydroxylation sites is 1. The van der Waals surface area contributed by atoms with Crippen LogP contribution in [0.5, 0.6) is 0 Å². The summed E-state index contributed by atoms with van der Waals surface area (Å²) in [6.45, 7) is 2.25. The van der Waals surface area contributed by atoms with Gasteiger partial charge in [-0.3, -0.25) is 9.59 Å². The van der Waals surface area contributed by atoms with Crippen LogP contribution in [0.2, 0.25) is 0 Å². The Morgan fingerprint density at radius 3 is 2.50 bits per heavy atom. The molecule has 4 aromatic rings. The molecule has 0 saturated carbocycles. The molecule has 1 amide bonds. The molecule has 5 rings (SSSR count). The van der Waals surface area contributed by atoms with Crippen LogP contribution in [0.15, 0.2) is 80.6 Å². The molecule has 5 nitrogen and oxygen atoms in total. The van der Waals surface area contributed by atoms with E-state index in [1.54, 1.807) is 41.5 Å². The highest BCUT2D eigenvalue weighted by molar-refractivity contribution is 5.99. The zero-order valence-corrected chi connectivity index (χ0v) is 15.2. The maximum Gasteiger partial charge on any atom is 0.291 e. The van der Waals surface area contributed by atoms with Gasteiger partial charge < -0.3 is 13.7 Å². The van der Waals surface area contributed by atoms with E-state index in [9.17, 15) is 9.59 Å². The van der Waals surface area contributed by atoms with Crippen LogP contribution in [0.25, 0.3) is 11.0 Å². The van der Waals surface area contributed by atoms with Gasteiger partial charge in [-0.15, -0.1) is 0 Å². The van der Waals surface area contributed by atoms with Crippen molar-refractivity contribution in [2.45, 2.75) is 19.5 Å². The zero-order chi connectivity index (χ0) is 19.3. The fraction of sp³-hybridized carbons (Fsp3) is 0.130. The largest absolute Gasteiger partial charge is 0.467 e. The van der Waals surface area contributed by atoms with Crippen molar-refractivity contribution in [1.82, 2.24) is 4.90 Å². The van der Waals surface area contributed by atoms with Gasteiger partial charge in [-0.1, -0.05) is 42.0 Å². The van der Waals surface area contributed by atoms with Crippen molar-refractivity contribution < 1.29 is 13.6 Å². The molecule has 2 aromatic carbocycles. The van der Waals surface area contributed by atoms with Gasteiger partial charge in [0.05, 0.1) is 29.8 Å². The highest BCUT2D eigenvalue weighted by Gasteiger charge is 2.42. The molecule has 0 saturated heterocycles. The van der Waals surface area contributed by atoms with Crippen molar-refractivity contribution >= 4 is 16.9 Å². The third-order valence-corrected chi connectivity index (χ3v) is 5.17. The molecule has 1 aliphatic rings. The fourth-order valence-electron chi connectivity index (χ4n) is 3.80. The Balaban J connectivity index is 1.75. The van der Waals surface area contributed by atoms with Gasteiger partial charge in [0.2, 0.25) is 5.76 Å². The van der Waals surface area contributed by atoms with Crippen LogP contribution >= 0.6 is 0 Å². The van der Waals surface area contributed by atoms with E-state index in [2.05, 4.69) is 0 Å². The van der Waals surface area contributed by atoms with Gasteiger partial charge in [0.25, 0.3) is 5.91 Å². The summed E-state index contributed by atoms with van der Waals surface area (Å²) >= 11 is 0. The second-order valence-corrected chi connectivity index (χ2v) is 7.00. The second-order valence-electron chi connectivity index (χ2n) is 7.00. The summed E-state index contributed by atoms with van der Waals surface area (Å²) in [6.07, 6.45) is 1.57. The zero-order valence-electron chi connectivity index (χ0n) is 15.2. The molecule has 138 valence electrons. The maximum absolute atomic E-state index is 13.3. The normalized spacial score (nSPS) is 16.0. The number of furan rings is 1. The van der Waals surface area contributed by atoms with Crippen LogP contribution in [-0.2, 0) is 6.54 Å². The lowest BCUT2D eigenvalue weighted by Gasteiger charge is -2.24. The summed E-state index contributed by atoms with van der Waals surface area (Å²) < 4.78 is 11.4. The summed E-state index contributed by atoms with van der Waals surface area (Å²) in [6, 6.07) is 18.0. The smallest absolute Gasteiger partial charge is 0.291 e. The first-order valence-electron chi connectivity index (χ1n) is 9.09. The molecule has 1 atom stereocenters. The number of aryl methyl sites for hydroxylation is 1. The van der Waals surface area contributed by atoms with Gasteiger partial charge in [0.1, 0.15) is 11.3 Å². The van der Waals surface area contributed by atoms with E-state index < -0.39 is 6.04 Å². The molecule has 0 radical (unpaired) electrons. The Morgan fingerprint density at radius 2 is 1.75 bits per heavy atom. The first kappa shape index (κ1) is 16.6. The quantitative estimate of drug-likeness (QED) is 0.534. The van der Waals surface area contributed by atoms with Gasteiger partial charge in [0.15, 0.2) is 5.43 Å². The summed E-state index contributed by atoms with van der Waals surface area (Å²) in [5.74, 6) is 0.455. The molecule has 3 heterocycles. The number of amides is 1. The van der Waals surface area contributed by atoms with Crippen LogP contribution in [0.3, 0.4) is 0 Å². The summed E-state index contributed by atoms with van der Waals surface area (Å²) in [7, 11) is 0. The Labute approximate surface area is 160 Å². The number of hydrogen-bond acceptors (Lipinski definition) is 4. The first-order valence-corrected chi connectivity index (χ1v) is 9.09. The SMILES string of the molecule is Cc1ccc([C@@H]2c3c(oc4ccccc4c3=O)C(=O)N2Cc2ccco2)cc1. The first-order chi connectivity index (χ1) is 13.6. The van der Waals surface area contributed by atoms with Gasteiger partial charge in [0, 0.05) is 0 Å². The van der Waals surface area contributed by atoms with Crippen LogP contribution in [-0.4, -0.2) is 10.8 Å². The van der Waals surface area contributed by atoms with E-state index >= 15 is 0 Å². The van der Waals surface area contributed by atoms with E-state index in [4.69, 9.17) is 8.83 Å². The van der Waals surface area contributed by atoms with Gasteiger partial charge in [-0.05, 0) is 36.8 Å². The van der Waals surface area contributed by atoms with E-state index in [1.807, 2.05) is 37.3 Å². The predicted octanol–water partition coefficient (Wildman–Crippen LogP) is 4.44. The van der Waals surface area contributed by atoms with Crippen LogP contribution in [0.1, 0.15) is 39.0 Å². The number of fused-ring (bicyclic) bond motifs is 2. The minimum absolute atomic E-state index is 0.112. The van der Waals surface area contributed by atoms with Gasteiger partial charge in [-0.2, -0.15) is 0 Å². The molecule has 0 unspecified atom stereocenters. The third-order valence-electron chi connectivity index (χ3n) is 5.17. The summed E-state index contributed by atoms with van der Waals surface area (Å²) in [5.41, 5.74) is 2.61. The van der Waals surface area contributed by atoms with Gasteiger partial charge >= 0.3 is 0 Å².